The lowest BCUT2D eigenvalue weighted by atomic mass is 9.99. The summed E-state index contributed by atoms with van der Waals surface area (Å²) in [6.07, 6.45) is 2.02. The first-order valence-corrected chi connectivity index (χ1v) is 11.4. The predicted octanol–water partition coefficient (Wildman–Crippen LogP) is 1.93. The molecule has 31 heavy (non-hydrogen) atoms. The van der Waals surface area contributed by atoms with Gasteiger partial charge in [0.15, 0.2) is 14.9 Å². The van der Waals surface area contributed by atoms with Gasteiger partial charge in [-0.15, -0.1) is 0 Å². The van der Waals surface area contributed by atoms with Crippen LogP contribution in [-0.2, 0) is 21.2 Å². The molecular weight excluding hydrogens is 454 g/mol. The highest BCUT2D eigenvalue weighted by Gasteiger charge is 2.41. The predicted molar refractivity (Wildman–Crippen MR) is 109 cm³/mol. The fraction of sp³-hybridized carbons (Fsp3) is 0.316. The number of hydrogen-bond donors (Lipinski definition) is 0. The molecule has 1 fully saturated rings. The van der Waals surface area contributed by atoms with Crippen LogP contribution in [0, 0.1) is 5.82 Å². The quantitative estimate of drug-likeness (QED) is 0.581. The molecule has 1 aromatic carbocycles. The van der Waals surface area contributed by atoms with Gasteiger partial charge >= 0.3 is 0 Å². The van der Waals surface area contributed by atoms with Gasteiger partial charge in [-0.2, -0.15) is 5.10 Å². The van der Waals surface area contributed by atoms with E-state index in [0.29, 0.717) is 5.56 Å². The summed E-state index contributed by atoms with van der Waals surface area (Å²) >= 11 is 5.85. The maximum atomic E-state index is 13.7. The molecule has 1 saturated heterocycles. The summed E-state index contributed by atoms with van der Waals surface area (Å²) in [6.45, 7) is 0.850. The van der Waals surface area contributed by atoms with Crippen LogP contribution in [-0.4, -0.2) is 58.4 Å². The van der Waals surface area contributed by atoms with Crippen molar-refractivity contribution in [2.75, 3.05) is 19.3 Å². The number of hydrogen-bond acceptors (Lipinski definition) is 5. The van der Waals surface area contributed by atoms with Crippen molar-refractivity contribution in [2.45, 2.75) is 24.2 Å². The van der Waals surface area contributed by atoms with Gasteiger partial charge in [-0.3, -0.25) is 14.2 Å². The Bertz CT molecular complexity index is 1390. The van der Waals surface area contributed by atoms with Gasteiger partial charge in [0.1, 0.15) is 29.9 Å². The molecule has 0 bridgehead atoms. The number of alkyl halides is 1. The molecule has 0 atom stereocenters. The zero-order valence-corrected chi connectivity index (χ0v) is 18.0. The van der Waals surface area contributed by atoms with Crippen molar-refractivity contribution in [3.05, 3.63) is 51.8 Å². The number of halogens is 3. The van der Waals surface area contributed by atoms with E-state index >= 15 is 0 Å². The minimum Gasteiger partial charge on any atom is -0.335 e. The first-order valence-electron chi connectivity index (χ1n) is 9.11. The van der Waals surface area contributed by atoms with Crippen LogP contribution in [0.2, 0.25) is 5.02 Å². The van der Waals surface area contributed by atoms with E-state index in [-0.39, 0.29) is 40.8 Å². The highest BCUT2D eigenvalue weighted by molar-refractivity contribution is 7.90. The van der Waals surface area contributed by atoms with Crippen molar-refractivity contribution in [1.29, 1.82) is 0 Å². The summed E-state index contributed by atoms with van der Waals surface area (Å²) in [5.74, 6) is -1.14. The van der Waals surface area contributed by atoms with Crippen LogP contribution in [0.3, 0.4) is 0 Å². The number of carbonyl (C=O) groups excluding carboxylic acids is 1. The molecule has 0 saturated carbocycles. The molecule has 0 radical (unpaired) electrons. The number of aromatic nitrogens is 3. The topological polar surface area (TPSA) is 93.8 Å². The third-order valence-corrected chi connectivity index (χ3v) is 6.36. The summed E-state index contributed by atoms with van der Waals surface area (Å²) in [5.41, 5.74) is -1.78. The summed E-state index contributed by atoms with van der Waals surface area (Å²) in [7, 11) is -3.78. The van der Waals surface area contributed by atoms with E-state index in [1.807, 2.05) is 0 Å². The molecule has 0 spiro atoms. The van der Waals surface area contributed by atoms with Gasteiger partial charge in [-0.25, -0.2) is 21.7 Å². The number of benzene rings is 1. The van der Waals surface area contributed by atoms with Crippen LogP contribution in [0.1, 0.15) is 6.92 Å². The second-order valence-electron chi connectivity index (χ2n) is 7.78. The van der Waals surface area contributed by atoms with Crippen LogP contribution >= 0.6 is 11.6 Å². The lowest BCUT2D eigenvalue weighted by Gasteiger charge is -2.42. The summed E-state index contributed by atoms with van der Waals surface area (Å²) in [4.78, 5) is 26.8. The van der Waals surface area contributed by atoms with Crippen LogP contribution in [0.5, 0.6) is 0 Å². The third-order valence-electron chi connectivity index (χ3n) is 5.02. The van der Waals surface area contributed by atoms with E-state index in [4.69, 9.17) is 11.6 Å². The van der Waals surface area contributed by atoms with E-state index in [2.05, 4.69) is 5.10 Å². The molecule has 12 heteroatoms. The molecular formula is C19H17ClF2N4O4S. The van der Waals surface area contributed by atoms with Crippen LogP contribution in [0.15, 0.2) is 40.4 Å². The number of fused-ring (bicyclic) bond motifs is 1. The van der Waals surface area contributed by atoms with E-state index in [0.717, 1.165) is 27.7 Å². The fourth-order valence-electron chi connectivity index (χ4n) is 3.53. The van der Waals surface area contributed by atoms with Crippen LogP contribution in [0.25, 0.3) is 16.6 Å². The summed E-state index contributed by atoms with van der Waals surface area (Å²) < 4.78 is 53.7. The highest BCUT2D eigenvalue weighted by atomic mass is 35.5. The van der Waals surface area contributed by atoms with E-state index in [1.54, 1.807) is 0 Å². The Balaban J connectivity index is 1.85. The van der Waals surface area contributed by atoms with Gasteiger partial charge in [0.05, 0.1) is 18.1 Å². The standard InChI is InChI=1S/C19H17ClF2N4O4S/c1-19(22)8-25(9-19)15(27)7-24-10-23-26-16(31(2,29)30)6-12(17(26)18(24)28)11-3-4-14(21)13(20)5-11/h3-6,10H,7-9H2,1-2H3. The number of nitrogens with zero attached hydrogens (tertiary/aromatic N) is 4. The number of likely N-dealkylation sites (tertiary alicyclic amines) is 1. The van der Waals surface area contributed by atoms with Crippen molar-refractivity contribution in [2.24, 2.45) is 0 Å². The average molecular weight is 471 g/mol. The highest BCUT2D eigenvalue weighted by Crippen LogP contribution is 2.30. The van der Waals surface area contributed by atoms with E-state index in [9.17, 15) is 26.8 Å². The normalized spacial score (nSPS) is 15.8. The second kappa shape index (κ2) is 7.13. The van der Waals surface area contributed by atoms with Crippen LogP contribution < -0.4 is 5.56 Å². The number of sulfone groups is 1. The Morgan fingerprint density at radius 2 is 1.97 bits per heavy atom. The first kappa shape index (κ1) is 21.4. The Labute approximate surface area is 180 Å². The Hall–Kier alpha value is -2.79. The molecule has 1 aliphatic heterocycles. The fourth-order valence-corrected chi connectivity index (χ4v) is 4.50. The molecule has 3 heterocycles. The number of carbonyl (C=O) groups is 1. The Morgan fingerprint density at radius 3 is 2.55 bits per heavy atom. The molecule has 0 unspecified atom stereocenters. The minimum atomic E-state index is -3.78. The van der Waals surface area contributed by atoms with Crippen molar-refractivity contribution < 1.29 is 22.0 Å². The molecule has 3 aromatic rings. The van der Waals surface area contributed by atoms with Crippen molar-refractivity contribution in [1.82, 2.24) is 19.1 Å². The molecule has 0 N–H and O–H groups in total. The van der Waals surface area contributed by atoms with Crippen molar-refractivity contribution >= 4 is 32.9 Å². The van der Waals surface area contributed by atoms with Crippen molar-refractivity contribution in [3.63, 3.8) is 0 Å². The largest absolute Gasteiger partial charge is 0.335 e. The lowest BCUT2D eigenvalue weighted by molar-refractivity contribution is -0.144. The average Bonchev–Trinajstić information content (AvgIpc) is 3.05. The monoisotopic (exact) mass is 470 g/mol. The summed E-state index contributed by atoms with van der Waals surface area (Å²) in [5, 5.41) is 3.58. The van der Waals surface area contributed by atoms with E-state index in [1.165, 1.54) is 30.0 Å². The van der Waals surface area contributed by atoms with Gasteiger partial charge in [-0.05, 0) is 30.7 Å². The van der Waals surface area contributed by atoms with Crippen molar-refractivity contribution in [3.8, 4) is 11.1 Å². The molecule has 1 aliphatic rings. The minimum absolute atomic E-state index is 0.0705. The summed E-state index contributed by atoms with van der Waals surface area (Å²) in [6, 6.07) is 4.96. The Morgan fingerprint density at radius 1 is 1.29 bits per heavy atom. The first-order chi connectivity index (χ1) is 14.4. The maximum Gasteiger partial charge on any atom is 0.278 e. The zero-order chi connectivity index (χ0) is 22.7. The lowest BCUT2D eigenvalue weighted by Crippen LogP contribution is -2.60. The SMILES string of the molecule is CC1(F)CN(C(=O)Cn2cnn3c(S(C)(=O)=O)cc(-c4ccc(F)c(Cl)c4)c3c2=O)C1. The van der Waals surface area contributed by atoms with Gasteiger partial charge in [0, 0.05) is 11.8 Å². The smallest absolute Gasteiger partial charge is 0.278 e. The van der Waals surface area contributed by atoms with E-state index < -0.39 is 32.8 Å². The van der Waals surface area contributed by atoms with Crippen LogP contribution in [0.4, 0.5) is 8.78 Å². The molecule has 1 amide bonds. The molecule has 4 rings (SSSR count). The molecule has 2 aromatic heterocycles. The zero-order valence-electron chi connectivity index (χ0n) is 16.5. The molecule has 0 aliphatic carbocycles. The van der Waals surface area contributed by atoms with Gasteiger partial charge < -0.3 is 4.90 Å². The number of rotatable bonds is 4. The Kier molecular flexibility index (Phi) is 4.93. The van der Waals surface area contributed by atoms with Gasteiger partial charge in [0.2, 0.25) is 5.91 Å². The number of amides is 1. The maximum absolute atomic E-state index is 13.7. The molecule has 164 valence electrons. The van der Waals surface area contributed by atoms with Gasteiger partial charge in [-0.1, -0.05) is 17.7 Å². The third kappa shape index (κ3) is 3.83. The second-order valence-corrected chi connectivity index (χ2v) is 10.2. The van der Waals surface area contributed by atoms with Gasteiger partial charge in [0.25, 0.3) is 5.56 Å². The molecule has 8 nitrogen and oxygen atoms in total.